The molecule has 1 aliphatic rings. The molecule has 1 saturated heterocycles. The molecule has 138 valence electrons. The summed E-state index contributed by atoms with van der Waals surface area (Å²) in [5.74, 6) is 0.589. The molecular weight excluding hydrogens is 362 g/mol. The van der Waals surface area contributed by atoms with E-state index in [0.717, 1.165) is 35.3 Å². The normalized spacial score (nSPS) is 14.4. The molecule has 27 heavy (non-hydrogen) atoms. The van der Waals surface area contributed by atoms with Gasteiger partial charge in [-0.1, -0.05) is 17.4 Å². The largest absolute Gasteiger partial charge is 0.494 e. The summed E-state index contributed by atoms with van der Waals surface area (Å²) in [5, 5.41) is 3.36. The Bertz CT molecular complexity index is 997. The summed E-state index contributed by atoms with van der Waals surface area (Å²) in [7, 11) is 1.60. The molecule has 7 heteroatoms. The van der Waals surface area contributed by atoms with Crippen molar-refractivity contribution in [3.8, 4) is 5.75 Å². The zero-order chi connectivity index (χ0) is 18.8. The summed E-state index contributed by atoms with van der Waals surface area (Å²) in [6.45, 7) is 0.734. The summed E-state index contributed by atoms with van der Waals surface area (Å²) >= 11 is 1.40. The molecule has 1 aliphatic heterocycles. The number of thiazole rings is 1. The second-order valence-electron chi connectivity index (χ2n) is 6.33. The Hall–Kier alpha value is -2.93. The first-order valence-electron chi connectivity index (χ1n) is 8.81. The molecule has 0 radical (unpaired) electrons. The zero-order valence-electron chi connectivity index (χ0n) is 14.9. The predicted molar refractivity (Wildman–Crippen MR) is 107 cm³/mol. The zero-order valence-corrected chi connectivity index (χ0v) is 15.7. The van der Waals surface area contributed by atoms with Crippen molar-refractivity contribution in [2.75, 3.05) is 23.9 Å². The van der Waals surface area contributed by atoms with Crippen molar-refractivity contribution >= 4 is 44.2 Å². The number of nitrogens with one attached hydrogen (secondary N) is 1. The highest BCUT2D eigenvalue weighted by molar-refractivity contribution is 7.22. The molecular formula is C20H19N3O3S. The molecule has 2 heterocycles. The number of piperidine rings is 1. The van der Waals surface area contributed by atoms with Crippen molar-refractivity contribution in [3.63, 3.8) is 0 Å². The Balaban J connectivity index is 1.50. The van der Waals surface area contributed by atoms with Gasteiger partial charge in [0.2, 0.25) is 5.91 Å². The van der Waals surface area contributed by atoms with Crippen molar-refractivity contribution in [2.24, 2.45) is 0 Å². The van der Waals surface area contributed by atoms with Gasteiger partial charge in [-0.25, -0.2) is 4.98 Å². The molecule has 4 rings (SSSR count). The van der Waals surface area contributed by atoms with Gasteiger partial charge in [-0.3, -0.25) is 14.9 Å². The number of carbonyl (C=O) groups excluding carboxylic acids is 2. The number of carbonyl (C=O) groups is 2. The van der Waals surface area contributed by atoms with Gasteiger partial charge >= 0.3 is 0 Å². The fourth-order valence-corrected chi connectivity index (χ4v) is 4.06. The molecule has 0 saturated carbocycles. The molecule has 3 aromatic rings. The van der Waals surface area contributed by atoms with E-state index in [-0.39, 0.29) is 11.8 Å². The highest BCUT2D eigenvalue weighted by Crippen LogP contribution is 2.32. The van der Waals surface area contributed by atoms with Crippen molar-refractivity contribution in [1.29, 1.82) is 0 Å². The topological polar surface area (TPSA) is 71.5 Å². The SMILES string of the molecule is COc1cccc2sc(NC(=O)c3ccc(N4CCCCC4=O)cc3)nc12. The summed E-state index contributed by atoms with van der Waals surface area (Å²) in [6, 6.07) is 12.8. The van der Waals surface area contributed by atoms with Crippen LogP contribution in [0.25, 0.3) is 10.2 Å². The summed E-state index contributed by atoms with van der Waals surface area (Å²) in [5.41, 5.74) is 2.09. The smallest absolute Gasteiger partial charge is 0.257 e. The lowest BCUT2D eigenvalue weighted by Gasteiger charge is -2.26. The molecule has 6 nitrogen and oxygen atoms in total. The molecule has 0 bridgehead atoms. The number of methoxy groups -OCH3 is 1. The van der Waals surface area contributed by atoms with Gasteiger partial charge in [0.15, 0.2) is 5.13 Å². The van der Waals surface area contributed by atoms with Gasteiger partial charge < -0.3 is 9.64 Å². The molecule has 2 amide bonds. The first-order chi connectivity index (χ1) is 13.2. The number of benzene rings is 2. The monoisotopic (exact) mass is 381 g/mol. The van der Waals surface area contributed by atoms with Crippen LogP contribution in [0.4, 0.5) is 10.8 Å². The number of hydrogen-bond donors (Lipinski definition) is 1. The number of fused-ring (bicyclic) bond motifs is 1. The van der Waals surface area contributed by atoms with Crippen LogP contribution in [0.2, 0.25) is 0 Å². The number of rotatable bonds is 4. The van der Waals surface area contributed by atoms with Crippen molar-refractivity contribution in [3.05, 3.63) is 48.0 Å². The van der Waals surface area contributed by atoms with Gasteiger partial charge in [0.1, 0.15) is 11.3 Å². The molecule has 1 fully saturated rings. The van der Waals surface area contributed by atoms with Gasteiger partial charge in [-0.05, 0) is 49.2 Å². The third kappa shape index (κ3) is 3.50. The van der Waals surface area contributed by atoms with E-state index in [1.807, 2.05) is 30.3 Å². The molecule has 0 unspecified atom stereocenters. The summed E-state index contributed by atoms with van der Waals surface area (Å²) in [4.78, 5) is 30.8. The number of para-hydroxylation sites is 1. The standard InChI is InChI=1S/C20H19N3O3S/c1-26-15-5-4-6-16-18(15)21-20(27-16)22-19(25)13-8-10-14(11-9-13)23-12-3-2-7-17(23)24/h4-6,8-11H,2-3,7,12H2,1H3,(H,21,22,25). The molecule has 1 aromatic heterocycles. The predicted octanol–water partition coefficient (Wildman–Crippen LogP) is 4.07. The van der Waals surface area contributed by atoms with Gasteiger partial charge in [0.25, 0.3) is 5.91 Å². The lowest BCUT2D eigenvalue weighted by atomic mass is 10.1. The van der Waals surface area contributed by atoms with E-state index in [1.165, 1.54) is 11.3 Å². The van der Waals surface area contributed by atoms with Crippen LogP contribution >= 0.6 is 11.3 Å². The minimum Gasteiger partial charge on any atom is -0.494 e. The third-order valence-electron chi connectivity index (χ3n) is 4.59. The van der Waals surface area contributed by atoms with E-state index in [9.17, 15) is 9.59 Å². The van der Waals surface area contributed by atoms with Crippen molar-refractivity contribution in [2.45, 2.75) is 19.3 Å². The van der Waals surface area contributed by atoms with Gasteiger partial charge in [-0.15, -0.1) is 0 Å². The molecule has 1 N–H and O–H groups in total. The maximum absolute atomic E-state index is 12.5. The lowest BCUT2D eigenvalue weighted by molar-refractivity contribution is -0.119. The molecule has 0 spiro atoms. The van der Waals surface area contributed by atoms with E-state index in [0.29, 0.717) is 22.9 Å². The molecule has 2 aromatic carbocycles. The highest BCUT2D eigenvalue weighted by atomic mass is 32.1. The first-order valence-corrected chi connectivity index (χ1v) is 9.62. The average molecular weight is 381 g/mol. The summed E-state index contributed by atoms with van der Waals surface area (Å²) in [6.07, 6.45) is 2.54. The van der Waals surface area contributed by atoms with Crippen LogP contribution in [0.3, 0.4) is 0 Å². The molecule has 0 atom stereocenters. The van der Waals surface area contributed by atoms with Crippen LogP contribution in [0.5, 0.6) is 5.75 Å². The third-order valence-corrected chi connectivity index (χ3v) is 5.52. The van der Waals surface area contributed by atoms with Crippen LogP contribution < -0.4 is 15.0 Å². The number of hydrogen-bond acceptors (Lipinski definition) is 5. The van der Waals surface area contributed by atoms with Gasteiger partial charge in [-0.2, -0.15) is 0 Å². The Labute approximate surface area is 160 Å². The van der Waals surface area contributed by atoms with Gasteiger partial charge in [0, 0.05) is 24.2 Å². The maximum atomic E-state index is 12.5. The minimum atomic E-state index is -0.232. The van der Waals surface area contributed by atoms with E-state index in [2.05, 4.69) is 10.3 Å². The van der Waals surface area contributed by atoms with Crippen LogP contribution in [0, 0.1) is 0 Å². The first kappa shape index (κ1) is 17.5. The number of nitrogens with zero attached hydrogens (tertiary/aromatic N) is 2. The van der Waals surface area contributed by atoms with Crippen LogP contribution in [0.1, 0.15) is 29.6 Å². The quantitative estimate of drug-likeness (QED) is 0.739. The van der Waals surface area contributed by atoms with E-state index in [4.69, 9.17) is 4.74 Å². The van der Waals surface area contributed by atoms with E-state index >= 15 is 0 Å². The van der Waals surface area contributed by atoms with Crippen LogP contribution in [-0.2, 0) is 4.79 Å². The van der Waals surface area contributed by atoms with Gasteiger partial charge in [0.05, 0.1) is 11.8 Å². The number of anilines is 2. The van der Waals surface area contributed by atoms with Crippen molar-refractivity contribution in [1.82, 2.24) is 4.98 Å². The Kier molecular flexibility index (Phi) is 4.77. The Morgan fingerprint density at radius 2 is 2.00 bits per heavy atom. The number of amides is 2. The highest BCUT2D eigenvalue weighted by Gasteiger charge is 2.20. The number of aromatic nitrogens is 1. The number of ether oxygens (including phenoxy) is 1. The van der Waals surface area contributed by atoms with E-state index < -0.39 is 0 Å². The molecule has 0 aliphatic carbocycles. The van der Waals surface area contributed by atoms with E-state index in [1.54, 1.807) is 24.1 Å². The fraction of sp³-hybridized carbons (Fsp3) is 0.250. The second kappa shape index (κ2) is 7.36. The maximum Gasteiger partial charge on any atom is 0.257 e. The van der Waals surface area contributed by atoms with Crippen LogP contribution in [-0.4, -0.2) is 30.5 Å². The lowest BCUT2D eigenvalue weighted by Crippen LogP contribution is -2.35. The Morgan fingerprint density at radius 3 is 2.74 bits per heavy atom. The average Bonchev–Trinajstić information content (AvgIpc) is 3.11. The fourth-order valence-electron chi connectivity index (χ4n) is 3.18. The van der Waals surface area contributed by atoms with Crippen LogP contribution in [0.15, 0.2) is 42.5 Å². The second-order valence-corrected chi connectivity index (χ2v) is 7.36. The summed E-state index contributed by atoms with van der Waals surface area (Å²) < 4.78 is 6.26. The Morgan fingerprint density at radius 1 is 1.19 bits per heavy atom. The van der Waals surface area contributed by atoms with Crippen molar-refractivity contribution < 1.29 is 14.3 Å². The minimum absolute atomic E-state index is 0.141.